The van der Waals surface area contributed by atoms with Gasteiger partial charge in [-0.15, -0.1) is 10.2 Å². The lowest BCUT2D eigenvalue weighted by molar-refractivity contribution is 0.101. The van der Waals surface area contributed by atoms with Crippen molar-refractivity contribution in [3.05, 3.63) is 75.9 Å². The maximum atomic E-state index is 14.1. The number of hydrogen-bond acceptors (Lipinski definition) is 5. The molecule has 7 nitrogen and oxygen atoms in total. The number of amides is 1. The molecule has 9 heteroatoms. The van der Waals surface area contributed by atoms with Crippen LogP contribution in [-0.4, -0.2) is 32.8 Å². The predicted molar refractivity (Wildman–Crippen MR) is 116 cm³/mol. The van der Waals surface area contributed by atoms with E-state index in [1.54, 1.807) is 39.2 Å². The Morgan fingerprint density at radius 3 is 2.71 bits per heavy atom. The molecule has 2 heterocycles. The summed E-state index contributed by atoms with van der Waals surface area (Å²) in [5, 5.41) is 16.1. The first kappa shape index (κ1) is 20.9. The molecule has 0 unspecified atom stereocenters. The number of anilines is 1. The molecule has 2 aromatic carbocycles. The van der Waals surface area contributed by atoms with Crippen LogP contribution in [0.15, 0.2) is 42.5 Å². The summed E-state index contributed by atoms with van der Waals surface area (Å²) >= 11 is 6.16. The lowest BCUT2D eigenvalue weighted by Gasteiger charge is -2.09. The summed E-state index contributed by atoms with van der Waals surface area (Å²) in [7, 11) is 1.57. The molecule has 0 aliphatic carbocycles. The van der Waals surface area contributed by atoms with Gasteiger partial charge in [-0.1, -0.05) is 29.8 Å². The van der Waals surface area contributed by atoms with Crippen molar-refractivity contribution in [1.29, 1.82) is 0 Å². The number of fused-ring (bicyclic) bond motifs is 1. The summed E-state index contributed by atoms with van der Waals surface area (Å²) in [6.07, 6.45) is 0. The largest absolute Gasteiger partial charge is 0.378 e. The van der Waals surface area contributed by atoms with E-state index in [0.29, 0.717) is 22.1 Å². The molecular formula is C22H19ClFN5O2. The second-order valence-corrected chi connectivity index (χ2v) is 7.51. The number of rotatable bonds is 5. The average Bonchev–Trinajstić information content (AvgIpc) is 3.09. The van der Waals surface area contributed by atoms with E-state index in [0.717, 1.165) is 16.7 Å². The minimum absolute atomic E-state index is 0.0385. The van der Waals surface area contributed by atoms with Crippen LogP contribution < -0.4 is 5.32 Å². The van der Waals surface area contributed by atoms with E-state index in [1.165, 1.54) is 16.6 Å². The van der Waals surface area contributed by atoms with Crippen molar-refractivity contribution in [3.8, 4) is 11.1 Å². The Labute approximate surface area is 182 Å². The van der Waals surface area contributed by atoms with Crippen molar-refractivity contribution in [1.82, 2.24) is 19.8 Å². The van der Waals surface area contributed by atoms with Gasteiger partial charge in [-0.25, -0.2) is 8.91 Å². The van der Waals surface area contributed by atoms with E-state index in [4.69, 9.17) is 16.3 Å². The normalized spacial score (nSPS) is 11.1. The molecule has 0 fully saturated rings. The molecular weight excluding hydrogens is 421 g/mol. The number of carbonyl (C=O) groups is 1. The van der Waals surface area contributed by atoms with Gasteiger partial charge in [0, 0.05) is 12.1 Å². The quantitative estimate of drug-likeness (QED) is 0.491. The number of aromatic nitrogens is 4. The van der Waals surface area contributed by atoms with Crippen LogP contribution in [0.25, 0.3) is 16.8 Å². The smallest absolute Gasteiger partial charge is 0.278 e. The second kappa shape index (κ2) is 8.41. The first-order chi connectivity index (χ1) is 14.9. The van der Waals surface area contributed by atoms with Gasteiger partial charge in [-0.3, -0.25) is 4.79 Å². The Morgan fingerprint density at radius 2 is 2.00 bits per heavy atom. The molecule has 31 heavy (non-hydrogen) atoms. The van der Waals surface area contributed by atoms with E-state index in [-0.39, 0.29) is 18.0 Å². The molecule has 1 N–H and O–H groups in total. The molecule has 4 rings (SSSR count). The van der Waals surface area contributed by atoms with E-state index >= 15 is 0 Å². The van der Waals surface area contributed by atoms with Crippen molar-refractivity contribution in [3.63, 3.8) is 0 Å². The Morgan fingerprint density at radius 1 is 1.19 bits per heavy atom. The molecule has 4 aromatic rings. The minimum atomic E-state index is -0.581. The van der Waals surface area contributed by atoms with Gasteiger partial charge in [0.2, 0.25) is 0 Å². The number of nitrogens with zero attached hydrogens (tertiary/aromatic N) is 4. The molecule has 0 saturated heterocycles. The third-order valence-electron chi connectivity index (χ3n) is 4.82. The van der Waals surface area contributed by atoms with Gasteiger partial charge in [-0.05, 0) is 49.2 Å². The highest BCUT2D eigenvalue weighted by atomic mass is 35.5. The van der Waals surface area contributed by atoms with Crippen molar-refractivity contribution < 1.29 is 13.9 Å². The summed E-state index contributed by atoms with van der Waals surface area (Å²) in [5.41, 5.74) is 3.94. The number of methoxy groups -OCH3 is 1. The van der Waals surface area contributed by atoms with Gasteiger partial charge in [-0.2, -0.15) is 5.10 Å². The maximum Gasteiger partial charge on any atom is 0.278 e. The molecule has 0 radical (unpaired) electrons. The van der Waals surface area contributed by atoms with Crippen LogP contribution >= 0.6 is 11.6 Å². The zero-order chi connectivity index (χ0) is 22.1. The number of carbonyl (C=O) groups excluding carboxylic acids is 1. The Balaban J connectivity index is 1.79. The van der Waals surface area contributed by atoms with Crippen LogP contribution in [0.2, 0.25) is 5.02 Å². The third kappa shape index (κ3) is 3.99. The number of nitrogens with one attached hydrogen (secondary N) is 1. The van der Waals surface area contributed by atoms with Gasteiger partial charge >= 0.3 is 0 Å². The van der Waals surface area contributed by atoms with Crippen LogP contribution in [-0.2, 0) is 11.3 Å². The summed E-state index contributed by atoms with van der Waals surface area (Å²) in [4.78, 5) is 12.8. The van der Waals surface area contributed by atoms with Crippen LogP contribution in [0.5, 0.6) is 0 Å². The van der Waals surface area contributed by atoms with Crippen molar-refractivity contribution in [2.45, 2.75) is 20.5 Å². The Bertz CT molecular complexity index is 1300. The molecule has 0 aliphatic rings. The Hall–Kier alpha value is -3.36. The number of halogens is 2. The van der Waals surface area contributed by atoms with E-state index < -0.39 is 11.7 Å². The summed E-state index contributed by atoms with van der Waals surface area (Å²) in [5.74, 6) is -1.10. The highest BCUT2D eigenvalue weighted by Gasteiger charge is 2.22. The van der Waals surface area contributed by atoms with Crippen LogP contribution in [0, 0.1) is 19.7 Å². The summed E-state index contributed by atoms with van der Waals surface area (Å²) < 4.78 is 21.0. The monoisotopic (exact) mass is 439 g/mol. The number of hydrogen-bond donors (Lipinski definition) is 1. The molecule has 0 spiro atoms. The second-order valence-electron chi connectivity index (χ2n) is 7.07. The van der Waals surface area contributed by atoms with E-state index in [1.807, 2.05) is 12.1 Å². The lowest BCUT2D eigenvalue weighted by atomic mass is 10.1. The van der Waals surface area contributed by atoms with E-state index in [9.17, 15) is 9.18 Å². The van der Waals surface area contributed by atoms with Gasteiger partial charge in [0.05, 0.1) is 29.2 Å². The third-order valence-corrected chi connectivity index (χ3v) is 5.06. The van der Waals surface area contributed by atoms with Crippen molar-refractivity contribution in [2.75, 3.05) is 12.4 Å². The Kier molecular flexibility index (Phi) is 5.67. The molecule has 0 aliphatic heterocycles. The van der Waals surface area contributed by atoms with Crippen molar-refractivity contribution in [2.24, 2.45) is 0 Å². The number of ether oxygens (including phenoxy) is 1. The van der Waals surface area contributed by atoms with Crippen molar-refractivity contribution >= 4 is 28.8 Å². The highest BCUT2D eigenvalue weighted by Crippen LogP contribution is 2.30. The molecule has 0 bridgehead atoms. The van der Waals surface area contributed by atoms with Crippen LogP contribution in [0.4, 0.5) is 10.1 Å². The zero-order valence-electron chi connectivity index (χ0n) is 17.1. The maximum absolute atomic E-state index is 14.1. The highest BCUT2D eigenvalue weighted by molar-refractivity contribution is 6.30. The van der Waals surface area contributed by atoms with Gasteiger partial charge < -0.3 is 10.1 Å². The zero-order valence-corrected chi connectivity index (χ0v) is 17.9. The number of aryl methyl sites for hydroxylation is 2. The summed E-state index contributed by atoms with van der Waals surface area (Å²) in [6.45, 7) is 3.71. The predicted octanol–water partition coefficient (Wildman–Crippen LogP) is 4.60. The molecule has 1 amide bonds. The molecule has 0 saturated carbocycles. The molecule has 2 aromatic heterocycles. The minimum Gasteiger partial charge on any atom is -0.378 e. The lowest BCUT2D eigenvalue weighted by Crippen LogP contribution is -2.19. The topological polar surface area (TPSA) is 81.4 Å². The SMILES string of the molecule is COCc1nn2c(C)c(C(=O)Nc3ccc(C)cc3F)nnc2c1-c1cccc(Cl)c1. The molecule has 0 atom stereocenters. The standard InChI is InChI=1S/C22H19ClFN5O2/c1-12-7-8-17(16(24)9-12)25-22(30)20-13(2)29-21(27-26-20)19(18(28-29)11-31-3)14-5-4-6-15(23)10-14/h4-10H,11H2,1-3H3,(H,25,30). The number of benzene rings is 2. The fourth-order valence-corrected chi connectivity index (χ4v) is 3.53. The fourth-order valence-electron chi connectivity index (χ4n) is 3.34. The van der Waals surface area contributed by atoms with Gasteiger partial charge in [0.1, 0.15) is 5.82 Å². The fraction of sp³-hybridized carbons (Fsp3) is 0.182. The molecule has 158 valence electrons. The first-order valence-corrected chi connectivity index (χ1v) is 9.84. The van der Waals surface area contributed by atoms with Crippen LogP contribution in [0.1, 0.15) is 27.4 Å². The first-order valence-electron chi connectivity index (χ1n) is 9.46. The van der Waals surface area contributed by atoms with E-state index in [2.05, 4.69) is 20.6 Å². The van der Waals surface area contributed by atoms with Crippen LogP contribution in [0.3, 0.4) is 0 Å². The van der Waals surface area contributed by atoms with Gasteiger partial charge in [0.15, 0.2) is 11.3 Å². The summed E-state index contributed by atoms with van der Waals surface area (Å²) in [6, 6.07) is 11.9. The van der Waals surface area contributed by atoms with Gasteiger partial charge in [0.25, 0.3) is 5.91 Å². The average molecular weight is 440 g/mol.